The van der Waals surface area contributed by atoms with Crippen molar-refractivity contribution in [2.24, 2.45) is 11.8 Å². The number of H-pyrrole nitrogens is 1. The molecule has 0 aliphatic carbocycles. The number of phenolic OH excluding ortho intramolecular Hbond substituents is 1. The number of esters is 1. The monoisotopic (exact) mass is 372 g/mol. The molecule has 1 saturated heterocycles. The lowest BCUT2D eigenvalue weighted by Gasteiger charge is -2.49. The summed E-state index contributed by atoms with van der Waals surface area (Å²) < 4.78 is 10.8. The second-order valence-corrected chi connectivity index (χ2v) is 7.92. The van der Waals surface area contributed by atoms with Crippen LogP contribution < -0.4 is 0 Å². The molecule has 146 valence electrons. The average Bonchev–Trinajstić information content (AvgIpc) is 3.04. The average molecular weight is 372 g/mol. The molecule has 0 radical (unpaired) electrons. The molecule has 4 atom stereocenters. The number of carbonyl (C=O) groups excluding carboxylic acids is 1. The van der Waals surface area contributed by atoms with Crippen LogP contribution in [0.2, 0.25) is 0 Å². The number of hydrogen-bond acceptors (Lipinski definition) is 5. The maximum atomic E-state index is 12.3. The molecular formula is C21H28N2O4. The Kier molecular flexibility index (Phi) is 3.72. The Morgan fingerprint density at radius 1 is 1.44 bits per heavy atom. The third-order valence-corrected chi connectivity index (χ3v) is 6.62. The number of benzene rings is 1. The zero-order chi connectivity index (χ0) is 18.7. The van der Waals surface area contributed by atoms with Gasteiger partial charge in [0.25, 0.3) is 0 Å². The molecule has 0 saturated carbocycles. The maximum Gasteiger partial charge on any atom is 0.337 e. The van der Waals surface area contributed by atoms with Crippen molar-refractivity contribution in [2.45, 2.75) is 31.9 Å². The summed E-state index contributed by atoms with van der Waals surface area (Å²) in [6, 6.07) is 5.78. The summed E-state index contributed by atoms with van der Waals surface area (Å²) in [6.45, 7) is 3.99. The molecule has 1 fully saturated rings. The first kappa shape index (κ1) is 16.7. The fourth-order valence-electron chi connectivity index (χ4n) is 5.23. The van der Waals surface area contributed by atoms with Crippen molar-refractivity contribution < 1.29 is 22.2 Å². The Hall–Kier alpha value is -2.47. The van der Waals surface area contributed by atoms with Crippen LogP contribution in [0.15, 0.2) is 30.0 Å². The van der Waals surface area contributed by atoms with Crippen LogP contribution in [0.5, 0.6) is 5.75 Å². The SMILES string of the molecule is COC(=O)C1=CO[C@@H](C)[C@H]2CN3CCc4c([nH]c5cc(O)ccc45)C3CC12.[HH].[HH]. The third kappa shape index (κ3) is 2.46. The zero-order valence-corrected chi connectivity index (χ0v) is 15.6. The van der Waals surface area contributed by atoms with Crippen molar-refractivity contribution in [3.05, 3.63) is 41.3 Å². The molecule has 27 heavy (non-hydrogen) atoms. The standard InChI is InChI=1S/C21H24N2O4.2H2/c1-11-16-9-23-6-5-14-13-4-3-12(24)7-18(13)22-20(14)19(23)8-15(16)17(10-27-11)21(25)26-2;;/h3-4,7,10-11,15-16,19,22,24H,5-6,8-9H2,1-2H3;2*1H/t11-,15?,16+,19?;;/m0../s1. The Bertz CT molecular complexity index is 958. The van der Waals surface area contributed by atoms with Gasteiger partial charge in [-0.1, -0.05) is 0 Å². The van der Waals surface area contributed by atoms with E-state index in [0.29, 0.717) is 5.57 Å². The van der Waals surface area contributed by atoms with Gasteiger partial charge < -0.3 is 19.6 Å². The van der Waals surface area contributed by atoms with E-state index in [0.717, 1.165) is 31.4 Å². The van der Waals surface area contributed by atoms with E-state index < -0.39 is 0 Å². The second kappa shape index (κ2) is 6.02. The number of rotatable bonds is 1. The normalized spacial score (nSPS) is 29.9. The Morgan fingerprint density at radius 3 is 3.11 bits per heavy atom. The van der Waals surface area contributed by atoms with Crippen molar-refractivity contribution in [3.8, 4) is 5.75 Å². The minimum absolute atomic E-state index is 0. The minimum atomic E-state index is -0.289. The molecule has 1 aromatic carbocycles. The Labute approximate surface area is 160 Å². The summed E-state index contributed by atoms with van der Waals surface area (Å²) in [5.41, 5.74) is 4.20. The number of ether oxygens (including phenoxy) is 2. The number of phenols is 1. The fraction of sp³-hybridized carbons (Fsp3) is 0.476. The van der Waals surface area contributed by atoms with Gasteiger partial charge in [0, 0.05) is 50.4 Å². The molecule has 3 aliphatic heterocycles. The highest BCUT2D eigenvalue weighted by molar-refractivity contribution is 5.89. The molecule has 0 bridgehead atoms. The van der Waals surface area contributed by atoms with E-state index in [9.17, 15) is 9.90 Å². The summed E-state index contributed by atoms with van der Waals surface area (Å²) >= 11 is 0. The van der Waals surface area contributed by atoms with Gasteiger partial charge in [-0.3, -0.25) is 4.90 Å². The highest BCUT2D eigenvalue weighted by atomic mass is 16.5. The number of nitrogens with one attached hydrogen (secondary N) is 1. The van der Waals surface area contributed by atoms with Gasteiger partial charge in [0.1, 0.15) is 5.75 Å². The molecule has 0 spiro atoms. The van der Waals surface area contributed by atoms with Crippen LogP contribution in [0.4, 0.5) is 0 Å². The first-order valence-electron chi connectivity index (χ1n) is 9.58. The third-order valence-electron chi connectivity index (χ3n) is 6.62. The topological polar surface area (TPSA) is 74.8 Å². The molecule has 4 heterocycles. The van der Waals surface area contributed by atoms with Gasteiger partial charge >= 0.3 is 5.97 Å². The number of aromatic nitrogens is 1. The molecular weight excluding hydrogens is 344 g/mol. The molecule has 2 unspecified atom stereocenters. The quantitative estimate of drug-likeness (QED) is 0.751. The van der Waals surface area contributed by atoms with E-state index in [1.54, 1.807) is 18.4 Å². The van der Waals surface area contributed by atoms with Gasteiger partial charge in [-0.2, -0.15) is 0 Å². The van der Waals surface area contributed by atoms with E-state index in [1.165, 1.54) is 23.8 Å². The molecule has 1 aromatic heterocycles. The van der Waals surface area contributed by atoms with Crippen molar-refractivity contribution in [3.63, 3.8) is 0 Å². The van der Waals surface area contributed by atoms with Crippen LogP contribution in [0.25, 0.3) is 10.9 Å². The number of hydrogen-bond donors (Lipinski definition) is 2. The lowest BCUT2D eigenvalue weighted by Crippen LogP contribution is -2.51. The van der Waals surface area contributed by atoms with Crippen molar-refractivity contribution in [1.82, 2.24) is 9.88 Å². The van der Waals surface area contributed by atoms with Crippen LogP contribution in [-0.2, 0) is 20.7 Å². The van der Waals surface area contributed by atoms with Crippen molar-refractivity contribution >= 4 is 16.9 Å². The number of methoxy groups -OCH3 is 1. The van der Waals surface area contributed by atoms with Gasteiger partial charge in [-0.15, -0.1) is 0 Å². The predicted octanol–water partition coefficient (Wildman–Crippen LogP) is 3.38. The number of aromatic amines is 1. The number of nitrogens with zero attached hydrogens (tertiary/aromatic N) is 1. The van der Waals surface area contributed by atoms with E-state index in [-0.39, 0.29) is 38.6 Å². The second-order valence-electron chi connectivity index (χ2n) is 7.92. The summed E-state index contributed by atoms with van der Waals surface area (Å²) in [7, 11) is 1.42. The zero-order valence-electron chi connectivity index (χ0n) is 15.6. The van der Waals surface area contributed by atoms with Crippen LogP contribution in [0.1, 0.15) is 33.5 Å². The predicted molar refractivity (Wildman–Crippen MR) is 104 cm³/mol. The molecule has 6 nitrogen and oxygen atoms in total. The van der Waals surface area contributed by atoms with Crippen LogP contribution in [0.3, 0.4) is 0 Å². The van der Waals surface area contributed by atoms with Crippen LogP contribution in [0, 0.1) is 11.8 Å². The van der Waals surface area contributed by atoms with E-state index in [2.05, 4.69) is 16.8 Å². The number of aromatic hydroxyl groups is 1. The Balaban J connectivity index is 0.00000120. The van der Waals surface area contributed by atoms with E-state index in [1.807, 2.05) is 6.07 Å². The molecule has 2 N–H and O–H groups in total. The first-order valence-corrected chi connectivity index (χ1v) is 9.58. The van der Waals surface area contributed by atoms with Crippen molar-refractivity contribution in [2.75, 3.05) is 20.2 Å². The Morgan fingerprint density at radius 2 is 2.30 bits per heavy atom. The summed E-state index contributed by atoms with van der Waals surface area (Å²) in [5, 5.41) is 11.0. The summed E-state index contributed by atoms with van der Waals surface area (Å²) in [4.78, 5) is 18.4. The van der Waals surface area contributed by atoms with Gasteiger partial charge in [-0.25, -0.2) is 4.79 Å². The van der Waals surface area contributed by atoms with Gasteiger partial charge in [0.15, 0.2) is 0 Å². The lowest BCUT2D eigenvalue weighted by molar-refractivity contribution is -0.139. The number of carbonyl (C=O) groups is 1. The van der Waals surface area contributed by atoms with Crippen molar-refractivity contribution in [1.29, 1.82) is 0 Å². The van der Waals surface area contributed by atoms with Crippen LogP contribution >= 0.6 is 0 Å². The molecule has 5 rings (SSSR count). The summed E-state index contributed by atoms with van der Waals surface area (Å²) in [6.07, 6.45) is 3.55. The number of piperidine rings is 1. The minimum Gasteiger partial charge on any atom is -0.508 e. The highest BCUT2D eigenvalue weighted by Crippen LogP contribution is 2.47. The molecule has 6 heteroatoms. The number of fused-ring (bicyclic) bond motifs is 6. The van der Waals surface area contributed by atoms with Gasteiger partial charge in [0.2, 0.25) is 0 Å². The molecule has 2 aromatic rings. The molecule has 3 aliphatic rings. The van der Waals surface area contributed by atoms with Gasteiger partial charge in [0.05, 0.1) is 31.1 Å². The first-order chi connectivity index (χ1) is 13.1. The smallest absolute Gasteiger partial charge is 0.337 e. The van der Waals surface area contributed by atoms with E-state index >= 15 is 0 Å². The fourth-order valence-corrected chi connectivity index (χ4v) is 5.23. The maximum absolute atomic E-state index is 12.3. The largest absolute Gasteiger partial charge is 0.508 e. The van der Waals surface area contributed by atoms with Crippen LogP contribution in [-0.4, -0.2) is 47.3 Å². The highest BCUT2D eigenvalue weighted by Gasteiger charge is 2.46. The molecule has 0 amide bonds. The van der Waals surface area contributed by atoms with E-state index in [4.69, 9.17) is 9.47 Å². The van der Waals surface area contributed by atoms with Gasteiger partial charge in [-0.05, 0) is 37.5 Å². The summed E-state index contributed by atoms with van der Waals surface area (Å²) in [5.74, 6) is 0.405. The lowest BCUT2D eigenvalue weighted by atomic mass is 9.72.